The highest BCUT2D eigenvalue weighted by atomic mass is 79.9. The van der Waals surface area contributed by atoms with Crippen LogP contribution in [0.1, 0.15) is 0 Å². The fourth-order valence-corrected chi connectivity index (χ4v) is 2.62. The molecule has 5 heteroatoms. The molecule has 1 aromatic rings. The van der Waals surface area contributed by atoms with Gasteiger partial charge in [0.2, 0.25) is 5.88 Å². The Kier molecular flexibility index (Phi) is 4.29. The summed E-state index contributed by atoms with van der Waals surface area (Å²) in [6.07, 6.45) is 1.75. The third-order valence-corrected chi connectivity index (χ3v) is 3.67. The van der Waals surface area contributed by atoms with Gasteiger partial charge in [-0.05, 0) is 22.0 Å². The maximum absolute atomic E-state index is 5.54. The minimum absolute atomic E-state index is 0.699. The molecule has 0 aliphatic carbocycles. The average molecular weight is 289 g/mol. The quantitative estimate of drug-likeness (QED) is 0.849. The highest BCUT2D eigenvalue weighted by Gasteiger charge is 2.11. The van der Waals surface area contributed by atoms with E-state index in [1.54, 1.807) is 6.20 Å². The Balaban J connectivity index is 1.71. The molecule has 2 heterocycles. The predicted molar refractivity (Wildman–Crippen MR) is 66.3 cm³/mol. The number of thioether (sulfide) groups is 1. The molecule has 0 atom stereocenters. The van der Waals surface area contributed by atoms with Crippen LogP contribution >= 0.6 is 27.7 Å². The first-order chi connectivity index (χ1) is 7.34. The standard InChI is InChI=1S/C10H13BrN2OS/c11-9-1-2-10(12-7-9)14-5-3-13-4-6-15-8-13/h1-2,7H,3-6,8H2. The molecule has 0 unspecified atom stereocenters. The Morgan fingerprint density at radius 1 is 1.53 bits per heavy atom. The third-order valence-electron chi connectivity index (χ3n) is 2.18. The van der Waals surface area contributed by atoms with Crippen molar-refractivity contribution >= 4 is 27.7 Å². The molecule has 0 N–H and O–H groups in total. The summed E-state index contributed by atoms with van der Waals surface area (Å²) in [6.45, 7) is 2.89. The molecular weight excluding hydrogens is 276 g/mol. The Labute approximate surface area is 102 Å². The SMILES string of the molecule is Brc1ccc(OCCN2CCSC2)nc1. The normalized spacial score (nSPS) is 16.9. The van der Waals surface area contributed by atoms with Crippen LogP contribution in [0.2, 0.25) is 0 Å². The highest BCUT2D eigenvalue weighted by Crippen LogP contribution is 2.14. The first kappa shape index (κ1) is 11.2. The van der Waals surface area contributed by atoms with E-state index < -0.39 is 0 Å². The average Bonchev–Trinajstić information content (AvgIpc) is 2.74. The van der Waals surface area contributed by atoms with Gasteiger partial charge in [0.15, 0.2) is 0 Å². The Morgan fingerprint density at radius 2 is 2.47 bits per heavy atom. The lowest BCUT2D eigenvalue weighted by Gasteiger charge is -2.13. The lowest BCUT2D eigenvalue weighted by Crippen LogP contribution is -2.25. The zero-order valence-corrected chi connectivity index (χ0v) is 10.8. The first-order valence-corrected chi connectivity index (χ1v) is 6.84. The highest BCUT2D eigenvalue weighted by molar-refractivity contribution is 9.10. The van der Waals surface area contributed by atoms with Crippen LogP contribution in [0.4, 0.5) is 0 Å². The second kappa shape index (κ2) is 5.72. The van der Waals surface area contributed by atoms with E-state index in [2.05, 4.69) is 25.8 Å². The first-order valence-electron chi connectivity index (χ1n) is 4.89. The molecular formula is C10H13BrN2OS. The Bertz CT molecular complexity index is 301. The molecule has 1 aliphatic heterocycles. The minimum atomic E-state index is 0.699. The third kappa shape index (κ3) is 3.66. The molecule has 3 nitrogen and oxygen atoms in total. The number of aromatic nitrogens is 1. The summed E-state index contributed by atoms with van der Waals surface area (Å²) >= 11 is 5.32. The van der Waals surface area contributed by atoms with Gasteiger partial charge in [-0.3, -0.25) is 4.90 Å². The number of rotatable bonds is 4. The van der Waals surface area contributed by atoms with Crippen LogP contribution in [0, 0.1) is 0 Å². The molecule has 82 valence electrons. The van der Waals surface area contributed by atoms with Crippen LogP contribution in [0.3, 0.4) is 0 Å². The van der Waals surface area contributed by atoms with Gasteiger partial charge < -0.3 is 4.74 Å². The number of ether oxygens (including phenoxy) is 1. The van der Waals surface area contributed by atoms with Crippen molar-refractivity contribution < 1.29 is 4.74 Å². The summed E-state index contributed by atoms with van der Waals surface area (Å²) < 4.78 is 6.52. The van der Waals surface area contributed by atoms with E-state index >= 15 is 0 Å². The molecule has 0 saturated carbocycles. The molecule has 0 amide bonds. The van der Waals surface area contributed by atoms with Gasteiger partial charge in [0.05, 0.1) is 0 Å². The number of hydrogen-bond donors (Lipinski definition) is 0. The summed E-state index contributed by atoms with van der Waals surface area (Å²) in [5.74, 6) is 3.08. The summed E-state index contributed by atoms with van der Waals surface area (Å²) in [5.41, 5.74) is 0. The van der Waals surface area contributed by atoms with Gasteiger partial charge in [0, 0.05) is 41.5 Å². The van der Waals surface area contributed by atoms with Crippen molar-refractivity contribution in [1.29, 1.82) is 0 Å². The van der Waals surface area contributed by atoms with Gasteiger partial charge in [-0.1, -0.05) is 0 Å². The summed E-state index contributed by atoms with van der Waals surface area (Å²) in [5, 5.41) is 0. The lowest BCUT2D eigenvalue weighted by atomic mass is 10.5. The molecule has 2 rings (SSSR count). The van der Waals surface area contributed by atoms with Crippen molar-refractivity contribution in [2.45, 2.75) is 0 Å². The maximum atomic E-state index is 5.54. The van der Waals surface area contributed by atoms with Crippen LogP contribution in [0.15, 0.2) is 22.8 Å². The topological polar surface area (TPSA) is 25.4 Å². The largest absolute Gasteiger partial charge is 0.476 e. The molecule has 0 spiro atoms. The smallest absolute Gasteiger partial charge is 0.213 e. The van der Waals surface area contributed by atoms with Crippen LogP contribution in [0.25, 0.3) is 0 Å². The molecule has 0 bridgehead atoms. The van der Waals surface area contributed by atoms with Gasteiger partial charge in [-0.15, -0.1) is 11.8 Å². The molecule has 0 radical (unpaired) electrons. The fraction of sp³-hybridized carbons (Fsp3) is 0.500. The van der Waals surface area contributed by atoms with Gasteiger partial charge in [0.25, 0.3) is 0 Å². The zero-order valence-electron chi connectivity index (χ0n) is 8.36. The van der Waals surface area contributed by atoms with E-state index in [9.17, 15) is 0 Å². The Hall–Kier alpha value is -0.260. The molecule has 1 saturated heterocycles. The van der Waals surface area contributed by atoms with Crippen LogP contribution < -0.4 is 4.74 Å². The van der Waals surface area contributed by atoms with Crippen molar-refractivity contribution in [3.63, 3.8) is 0 Å². The number of nitrogens with zero attached hydrogens (tertiary/aromatic N) is 2. The molecule has 0 aromatic carbocycles. The van der Waals surface area contributed by atoms with E-state index in [1.165, 1.54) is 12.3 Å². The van der Waals surface area contributed by atoms with E-state index in [4.69, 9.17) is 4.74 Å². The molecule has 1 aromatic heterocycles. The van der Waals surface area contributed by atoms with Gasteiger partial charge >= 0.3 is 0 Å². The van der Waals surface area contributed by atoms with Crippen molar-refractivity contribution in [2.24, 2.45) is 0 Å². The van der Waals surface area contributed by atoms with E-state index in [1.807, 2.05) is 23.9 Å². The fourth-order valence-electron chi connectivity index (χ4n) is 1.36. The zero-order chi connectivity index (χ0) is 10.5. The van der Waals surface area contributed by atoms with E-state index in [0.717, 1.165) is 23.5 Å². The number of halogens is 1. The van der Waals surface area contributed by atoms with Crippen molar-refractivity contribution in [2.75, 3.05) is 31.3 Å². The number of pyridine rings is 1. The summed E-state index contributed by atoms with van der Waals surface area (Å²) in [7, 11) is 0. The maximum Gasteiger partial charge on any atom is 0.213 e. The van der Waals surface area contributed by atoms with Gasteiger partial charge in [-0.2, -0.15) is 0 Å². The van der Waals surface area contributed by atoms with E-state index in [0.29, 0.717) is 5.88 Å². The predicted octanol–water partition coefficient (Wildman–Crippen LogP) is 2.23. The van der Waals surface area contributed by atoms with Crippen LogP contribution in [-0.4, -0.2) is 41.2 Å². The second-order valence-electron chi connectivity index (χ2n) is 3.32. The van der Waals surface area contributed by atoms with Crippen molar-refractivity contribution in [1.82, 2.24) is 9.88 Å². The lowest BCUT2D eigenvalue weighted by molar-refractivity contribution is 0.238. The van der Waals surface area contributed by atoms with Gasteiger partial charge in [0.1, 0.15) is 6.61 Å². The molecule has 1 fully saturated rings. The van der Waals surface area contributed by atoms with Crippen LogP contribution in [-0.2, 0) is 0 Å². The Morgan fingerprint density at radius 3 is 3.13 bits per heavy atom. The van der Waals surface area contributed by atoms with Crippen molar-refractivity contribution in [3.8, 4) is 5.88 Å². The molecule has 1 aliphatic rings. The second-order valence-corrected chi connectivity index (χ2v) is 5.31. The minimum Gasteiger partial charge on any atom is -0.476 e. The van der Waals surface area contributed by atoms with E-state index in [-0.39, 0.29) is 0 Å². The van der Waals surface area contributed by atoms with Gasteiger partial charge in [-0.25, -0.2) is 4.98 Å². The monoisotopic (exact) mass is 288 g/mol. The molecule has 15 heavy (non-hydrogen) atoms. The summed E-state index contributed by atoms with van der Waals surface area (Å²) in [6, 6.07) is 3.82. The number of hydrogen-bond acceptors (Lipinski definition) is 4. The van der Waals surface area contributed by atoms with Crippen LogP contribution in [0.5, 0.6) is 5.88 Å². The van der Waals surface area contributed by atoms with Crippen molar-refractivity contribution in [3.05, 3.63) is 22.8 Å². The summed E-state index contributed by atoms with van der Waals surface area (Å²) in [4.78, 5) is 6.54.